The van der Waals surface area contributed by atoms with E-state index < -0.39 is 5.92 Å². The van der Waals surface area contributed by atoms with Crippen molar-refractivity contribution in [3.05, 3.63) is 185 Å². The molecule has 5 aromatic carbocycles. The van der Waals surface area contributed by atoms with E-state index in [1.165, 1.54) is 0 Å². The molecule has 12 nitrogen and oxygen atoms in total. The van der Waals surface area contributed by atoms with Gasteiger partial charge in [0.1, 0.15) is 24.9 Å². The van der Waals surface area contributed by atoms with E-state index in [4.69, 9.17) is 19.4 Å². The summed E-state index contributed by atoms with van der Waals surface area (Å²) >= 11 is 0. The van der Waals surface area contributed by atoms with E-state index in [1.54, 1.807) is 22.2 Å². The minimum atomic E-state index is -0.486. The minimum absolute atomic E-state index is 0.0912. The summed E-state index contributed by atoms with van der Waals surface area (Å²) in [6.07, 6.45) is 6.20. The highest BCUT2D eigenvalue weighted by molar-refractivity contribution is 6.01. The molecular weight excluding hydrogens is 791 g/mol. The summed E-state index contributed by atoms with van der Waals surface area (Å²) in [7, 11) is 0. The Balaban J connectivity index is 0.855. The Bertz CT molecular complexity index is 2720. The molecule has 316 valence electrons. The molecule has 3 amide bonds. The summed E-state index contributed by atoms with van der Waals surface area (Å²) in [5.41, 5.74) is 9.01. The monoisotopic (exact) mass is 837 g/mol. The van der Waals surface area contributed by atoms with Crippen molar-refractivity contribution in [2.75, 3.05) is 18.4 Å². The fourth-order valence-corrected chi connectivity index (χ4v) is 9.34. The smallest absolute Gasteiger partial charge is 0.410 e. The molecule has 2 unspecified atom stereocenters. The lowest BCUT2D eigenvalue weighted by molar-refractivity contribution is -0.118. The first-order valence-electron chi connectivity index (χ1n) is 21.6. The zero-order valence-corrected chi connectivity index (χ0v) is 34.7. The molecule has 5 heterocycles. The lowest BCUT2D eigenvalue weighted by Crippen LogP contribution is -2.32. The number of rotatable bonds is 10. The Kier molecular flexibility index (Phi) is 11.0. The summed E-state index contributed by atoms with van der Waals surface area (Å²) in [6, 6.07) is 43.3. The number of fused-ring (bicyclic) bond motifs is 1. The summed E-state index contributed by atoms with van der Waals surface area (Å²) in [5.74, 6) is 0.611. The SMILES string of the molecule is O=C1Nc2cc(-c3cnc([C@@H]4CCCN4C(=O)OCc4ccccc4)[nH]3)ccc2C(c2ccccc2)C1c1ccc(-c2cnc([C@@H]3CCCN3C(=O)OCc3ccccc3)[nH]2)cc1. The van der Waals surface area contributed by atoms with E-state index >= 15 is 0 Å². The molecule has 7 aromatic rings. The van der Waals surface area contributed by atoms with Crippen LogP contribution in [-0.4, -0.2) is 60.9 Å². The van der Waals surface area contributed by atoms with E-state index in [-0.39, 0.29) is 49.3 Å². The highest BCUT2D eigenvalue weighted by Crippen LogP contribution is 2.47. The fraction of sp³-hybridized carbons (Fsp3) is 0.235. The van der Waals surface area contributed by atoms with Gasteiger partial charge in [-0.2, -0.15) is 0 Å². The number of hydrogen-bond acceptors (Lipinski definition) is 7. The van der Waals surface area contributed by atoms with Crippen molar-refractivity contribution in [3.63, 3.8) is 0 Å². The van der Waals surface area contributed by atoms with Gasteiger partial charge in [0.15, 0.2) is 0 Å². The van der Waals surface area contributed by atoms with Gasteiger partial charge < -0.3 is 24.8 Å². The van der Waals surface area contributed by atoms with Crippen LogP contribution in [0.2, 0.25) is 0 Å². The predicted molar refractivity (Wildman–Crippen MR) is 238 cm³/mol. The maximum absolute atomic E-state index is 14.3. The predicted octanol–water partition coefficient (Wildman–Crippen LogP) is 10.3. The molecule has 2 fully saturated rings. The minimum Gasteiger partial charge on any atom is -0.445 e. The summed E-state index contributed by atoms with van der Waals surface area (Å²) < 4.78 is 11.3. The van der Waals surface area contributed by atoms with Crippen molar-refractivity contribution in [1.82, 2.24) is 29.7 Å². The van der Waals surface area contributed by atoms with Crippen LogP contribution in [0.15, 0.2) is 146 Å². The molecule has 12 heteroatoms. The Hall–Kier alpha value is -7.47. The largest absolute Gasteiger partial charge is 0.445 e. The zero-order valence-electron chi connectivity index (χ0n) is 34.7. The number of imidazole rings is 2. The maximum Gasteiger partial charge on any atom is 0.410 e. The van der Waals surface area contributed by atoms with Gasteiger partial charge in [0.2, 0.25) is 5.91 Å². The molecule has 4 atom stereocenters. The third kappa shape index (κ3) is 8.19. The van der Waals surface area contributed by atoms with Gasteiger partial charge in [0.05, 0.1) is 41.8 Å². The average Bonchev–Trinajstić information content (AvgIpc) is 4.18. The highest BCUT2D eigenvalue weighted by atomic mass is 16.6. The third-order valence-electron chi connectivity index (χ3n) is 12.5. The molecule has 3 aliphatic heterocycles. The van der Waals surface area contributed by atoms with Crippen molar-refractivity contribution in [3.8, 4) is 22.5 Å². The number of nitrogens with one attached hydrogen (secondary N) is 3. The molecule has 0 radical (unpaired) electrons. The number of likely N-dealkylation sites (tertiary alicyclic amines) is 2. The maximum atomic E-state index is 14.3. The lowest BCUT2D eigenvalue weighted by Gasteiger charge is -2.34. The number of benzene rings is 5. The highest BCUT2D eigenvalue weighted by Gasteiger charge is 2.39. The van der Waals surface area contributed by atoms with Crippen molar-refractivity contribution >= 4 is 23.8 Å². The number of amides is 3. The van der Waals surface area contributed by atoms with E-state index in [0.29, 0.717) is 18.9 Å². The normalized spacial score (nSPS) is 19.4. The van der Waals surface area contributed by atoms with Crippen LogP contribution in [0, 0.1) is 0 Å². The van der Waals surface area contributed by atoms with E-state index in [0.717, 1.165) is 87.5 Å². The van der Waals surface area contributed by atoms with Crippen LogP contribution < -0.4 is 5.32 Å². The standard InChI is InChI=1S/C51H47N7O5/c59-49-46(37-22-20-35(21-23-37)41-29-52-47(54-41)43-18-10-26-57(43)50(60)62-31-33-12-4-1-5-13-33)45(36-16-8-3-9-17-36)39-25-24-38(28-40(39)56-49)42-30-53-48(55-42)44-19-11-27-58(44)51(61)63-32-34-14-6-2-7-15-34/h1-9,12-17,20-25,28-30,43-46H,10-11,18-19,26-27,31-32H2,(H,52,54)(H,53,55)(H,56,59)/t43-,44-,45?,46?/m0/s1. The average molecular weight is 838 g/mol. The van der Waals surface area contributed by atoms with Crippen LogP contribution in [0.3, 0.4) is 0 Å². The first-order chi connectivity index (χ1) is 31.0. The van der Waals surface area contributed by atoms with E-state index in [9.17, 15) is 14.4 Å². The quantitative estimate of drug-likeness (QED) is 0.124. The summed E-state index contributed by atoms with van der Waals surface area (Å²) in [6.45, 7) is 1.65. The number of carbonyl (C=O) groups excluding carboxylic acids is 3. The molecule has 0 aliphatic carbocycles. The van der Waals surface area contributed by atoms with E-state index in [1.807, 2.05) is 109 Å². The molecule has 3 aliphatic rings. The molecule has 0 saturated carbocycles. The molecule has 2 saturated heterocycles. The molecule has 2 aromatic heterocycles. The van der Waals surface area contributed by atoms with Crippen LogP contribution in [0.1, 0.15) is 89.1 Å². The van der Waals surface area contributed by atoms with Crippen molar-refractivity contribution < 1.29 is 23.9 Å². The second kappa shape index (κ2) is 17.5. The number of carbonyl (C=O) groups is 3. The molecule has 10 rings (SSSR count). The third-order valence-corrected chi connectivity index (χ3v) is 12.5. The lowest BCUT2D eigenvalue weighted by atomic mass is 9.73. The molecule has 0 spiro atoms. The Morgan fingerprint density at radius 2 is 1.08 bits per heavy atom. The molecule has 63 heavy (non-hydrogen) atoms. The van der Waals surface area contributed by atoms with Gasteiger partial charge in [-0.05, 0) is 65.1 Å². The topological polar surface area (TPSA) is 146 Å². The van der Waals surface area contributed by atoms with E-state index in [2.05, 4.69) is 39.6 Å². The van der Waals surface area contributed by atoms with Crippen LogP contribution in [0.25, 0.3) is 22.5 Å². The van der Waals surface area contributed by atoms with Crippen LogP contribution in [0.5, 0.6) is 0 Å². The first kappa shape index (κ1) is 39.7. The Labute approximate surface area is 365 Å². The molecule has 3 N–H and O–H groups in total. The Morgan fingerprint density at radius 3 is 1.63 bits per heavy atom. The van der Waals surface area contributed by atoms with Gasteiger partial charge in [0.25, 0.3) is 0 Å². The number of aromatic nitrogens is 4. The second-order valence-corrected chi connectivity index (χ2v) is 16.4. The van der Waals surface area contributed by atoms with Crippen LogP contribution in [0.4, 0.5) is 15.3 Å². The summed E-state index contributed by atoms with van der Waals surface area (Å²) in [5, 5.41) is 3.24. The van der Waals surface area contributed by atoms with Gasteiger partial charge >= 0.3 is 12.2 Å². The number of H-pyrrole nitrogens is 2. The first-order valence-corrected chi connectivity index (χ1v) is 21.6. The zero-order chi connectivity index (χ0) is 42.7. The number of anilines is 1. The van der Waals surface area contributed by atoms with Crippen molar-refractivity contribution in [1.29, 1.82) is 0 Å². The van der Waals surface area contributed by atoms with Gasteiger partial charge in [0, 0.05) is 30.3 Å². The van der Waals surface area contributed by atoms with Crippen LogP contribution >= 0.6 is 0 Å². The van der Waals surface area contributed by atoms with Crippen molar-refractivity contribution in [2.24, 2.45) is 0 Å². The van der Waals surface area contributed by atoms with Gasteiger partial charge in [-0.25, -0.2) is 19.6 Å². The molecule has 0 bridgehead atoms. The molecular formula is C51H47N7O5. The second-order valence-electron chi connectivity index (χ2n) is 16.4. The van der Waals surface area contributed by atoms with Gasteiger partial charge in [-0.15, -0.1) is 0 Å². The summed E-state index contributed by atoms with van der Waals surface area (Å²) in [4.78, 5) is 60.4. The number of ether oxygens (including phenoxy) is 2. The Morgan fingerprint density at radius 1 is 0.587 bits per heavy atom. The van der Waals surface area contributed by atoms with Gasteiger partial charge in [-0.1, -0.05) is 127 Å². The fourth-order valence-electron chi connectivity index (χ4n) is 9.34. The van der Waals surface area contributed by atoms with Crippen molar-refractivity contribution in [2.45, 2.75) is 62.8 Å². The van der Waals surface area contributed by atoms with Gasteiger partial charge in [-0.3, -0.25) is 14.6 Å². The number of aromatic amines is 2. The number of nitrogens with zero attached hydrogens (tertiary/aromatic N) is 4. The number of hydrogen-bond donors (Lipinski definition) is 3. The van der Waals surface area contributed by atoms with Crippen LogP contribution in [-0.2, 0) is 27.5 Å².